The fourth-order valence-electron chi connectivity index (χ4n) is 2.15. The minimum atomic E-state index is -1.39. The first-order chi connectivity index (χ1) is 8.84. The molecule has 0 bridgehead atoms. The van der Waals surface area contributed by atoms with Gasteiger partial charge in [0.1, 0.15) is 29.3 Å². The molecule has 2 nitrogen and oxygen atoms in total. The van der Waals surface area contributed by atoms with Crippen LogP contribution in [0.5, 0.6) is 0 Å². The first-order valence-corrected chi connectivity index (χ1v) is 6.51. The molecule has 0 amide bonds. The second kappa shape index (κ2) is 5.06. The average Bonchev–Trinajstić information content (AvgIpc) is 2.58. The van der Waals surface area contributed by atoms with Gasteiger partial charge in [-0.25, -0.2) is 8.78 Å². The predicted octanol–water partition coefficient (Wildman–Crippen LogP) is 4.33. The molecule has 1 N–H and O–H groups in total. The quantitative estimate of drug-likeness (QED) is 0.831. The molecule has 0 radical (unpaired) electrons. The molecule has 1 atom stereocenters. The highest BCUT2D eigenvalue weighted by atomic mass is 79.9. The lowest BCUT2D eigenvalue weighted by Gasteiger charge is -2.14. The summed E-state index contributed by atoms with van der Waals surface area (Å²) in [4.78, 5) is 0. The Morgan fingerprint density at radius 1 is 1.11 bits per heavy atom. The van der Waals surface area contributed by atoms with Gasteiger partial charge in [-0.2, -0.15) is 0 Å². The maximum absolute atomic E-state index is 14.0. The van der Waals surface area contributed by atoms with Crippen molar-refractivity contribution in [1.29, 1.82) is 0 Å². The van der Waals surface area contributed by atoms with Crippen molar-refractivity contribution < 1.29 is 18.3 Å². The number of aliphatic hydroxyl groups is 1. The summed E-state index contributed by atoms with van der Waals surface area (Å²) in [5, 5.41) is 10.3. The zero-order valence-electron chi connectivity index (χ0n) is 10.7. The molecule has 0 saturated heterocycles. The molecule has 0 aliphatic carbocycles. The van der Waals surface area contributed by atoms with Gasteiger partial charge in [-0.3, -0.25) is 0 Å². The lowest BCUT2D eigenvalue weighted by Crippen LogP contribution is -2.08. The third kappa shape index (κ3) is 2.32. The molecule has 0 fully saturated rings. The number of aliphatic hydroxyl groups excluding tert-OH is 1. The molecule has 0 saturated carbocycles. The molecule has 19 heavy (non-hydrogen) atoms. The summed E-state index contributed by atoms with van der Waals surface area (Å²) in [7, 11) is 0. The van der Waals surface area contributed by atoms with Gasteiger partial charge < -0.3 is 9.52 Å². The molecule has 0 aliphatic rings. The van der Waals surface area contributed by atoms with E-state index in [1.54, 1.807) is 20.8 Å². The van der Waals surface area contributed by atoms with Crippen LogP contribution in [-0.4, -0.2) is 5.11 Å². The minimum absolute atomic E-state index is 0.110. The normalized spacial score (nSPS) is 12.8. The number of furan rings is 1. The molecule has 5 heteroatoms. The van der Waals surface area contributed by atoms with Crippen LogP contribution >= 0.6 is 15.9 Å². The van der Waals surface area contributed by atoms with Gasteiger partial charge in [-0.05, 0) is 54.4 Å². The van der Waals surface area contributed by atoms with E-state index in [2.05, 4.69) is 15.9 Å². The molecule has 102 valence electrons. The Morgan fingerprint density at radius 2 is 1.74 bits per heavy atom. The molecule has 0 spiro atoms. The third-order valence-electron chi connectivity index (χ3n) is 3.24. The maximum Gasteiger partial charge on any atom is 0.146 e. The van der Waals surface area contributed by atoms with E-state index in [-0.39, 0.29) is 10.0 Å². The van der Waals surface area contributed by atoms with Gasteiger partial charge in [-0.1, -0.05) is 0 Å². The van der Waals surface area contributed by atoms with Crippen LogP contribution in [0.4, 0.5) is 8.78 Å². The van der Waals surface area contributed by atoms with Crippen LogP contribution in [0.2, 0.25) is 0 Å². The van der Waals surface area contributed by atoms with Crippen LogP contribution in [0.3, 0.4) is 0 Å². The first-order valence-electron chi connectivity index (χ1n) is 5.72. The highest BCUT2D eigenvalue weighted by Gasteiger charge is 2.26. The van der Waals surface area contributed by atoms with Crippen molar-refractivity contribution >= 4 is 15.9 Å². The SMILES string of the molecule is Cc1oc(C)c(C(O)c2c(F)ccc(Br)c2F)c1C. The van der Waals surface area contributed by atoms with Gasteiger partial charge in [0.25, 0.3) is 0 Å². The summed E-state index contributed by atoms with van der Waals surface area (Å²) in [5.74, 6) is -0.500. The fraction of sp³-hybridized carbons (Fsp3) is 0.286. The number of benzene rings is 1. The van der Waals surface area contributed by atoms with Gasteiger partial charge in [0.05, 0.1) is 10.0 Å². The lowest BCUT2D eigenvalue weighted by atomic mass is 9.97. The number of hydrogen-bond donors (Lipinski definition) is 1. The average molecular weight is 331 g/mol. The van der Waals surface area contributed by atoms with Crippen molar-refractivity contribution in [3.05, 3.63) is 56.5 Å². The highest BCUT2D eigenvalue weighted by Crippen LogP contribution is 2.35. The summed E-state index contributed by atoms with van der Waals surface area (Å²) in [5.41, 5.74) is 0.735. The monoisotopic (exact) mass is 330 g/mol. The van der Waals surface area contributed by atoms with E-state index >= 15 is 0 Å². The van der Waals surface area contributed by atoms with Crippen molar-refractivity contribution in [1.82, 2.24) is 0 Å². The van der Waals surface area contributed by atoms with Gasteiger partial charge in [0.15, 0.2) is 0 Å². The van der Waals surface area contributed by atoms with Crippen LogP contribution in [0.25, 0.3) is 0 Å². The number of hydrogen-bond acceptors (Lipinski definition) is 2. The molecule has 2 rings (SSSR count). The standard InChI is InChI=1S/C14H13BrF2O2/c1-6-7(2)19-8(3)11(6)14(18)12-10(16)5-4-9(15)13(12)17/h4-5,14,18H,1-3H3. The summed E-state index contributed by atoms with van der Waals surface area (Å²) < 4.78 is 33.3. The molecule has 1 aromatic heterocycles. The molecular formula is C14H13BrF2O2. The first kappa shape index (κ1) is 14.2. The highest BCUT2D eigenvalue weighted by molar-refractivity contribution is 9.10. The Labute approximate surface area is 118 Å². The molecular weight excluding hydrogens is 318 g/mol. The number of rotatable bonds is 2. The van der Waals surface area contributed by atoms with Crippen LogP contribution in [-0.2, 0) is 0 Å². The van der Waals surface area contributed by atoms with E-state index in [1.165, 1.54) is 6.07 Å². The summed E-state index contributed by atoms with van der Waals surface area (Å²) in [6, 6.07) is 2.38. The van der Waals surface area contributed by atoms with E-state index in [0.29, 0.717) is 22.6 Å². The minimum Gasteiger partial charge on any atom is -0.466 e. The van der Waals surface area contributed by atoms with Crippen LogP contribution in [0.1, 0.15) is 34.3 Å². The van der Waals surface area contributed by atoms with E-state index in [0.717, 1.165) is 6.07 Å². The predicted molar refractivity (Wildman–Crippen MR) is 71.0 cm³/mol. The Kier molecular flexibility index (Phi) is 3.78. The fourth-order valence-corrected chi connectivity index (χ4v) is 2.50. The van der Waals surface area contributed by atoms with Crippen LogP contribution in [0.15, 0.2) is 21.0 Å². The van der Waals surface area contributed by atoms with E-state index < -0.39 is 17.7 Å². The van der Waals surface area contributed by atoms with Crippen molar-refractivity contribution in [2.75, 3.05) is 0 Å². The van der Waals surface area contributed by atoms with Crippen molar-refractivity contribution in [3.63, 3.8) is 0 Å². The zero-order valence-corrected chi connectivity index (χ0v) is 12.3. The number of aryl methyl sites for hydroxylation is 2. The Morgan fingerprint density at radius 3 is 2.26 bits per heavy atom. The molecule has 0 aliphatic heterocycles. The third-order valence-corrected chi connectivity index (χ3v) is 3.86. The second-order valence-electron chi connectivity index (χ2n) is 4.41. The smallest absolute Gasteiger partial charge is 0.146 e. The molecule has 2 aromatic rings. The van der Waals surface area contributed by atoms with Gasteiger partial charge in [0.2, 0.25) is 0 Å². The van der Waals surface area contributed by atoms with E-state index in [4.69, 9.17) is 4.42 Å². The Balaban J connectivity index is 2.62. The van der Waals surface area contributed by atoms with Gasteiger partial charge in [-0.15, -0.1) is 0 Å². The molecule has 1 heterocycles. The maximum atomic E-state index is 14.0. The summed E-state index contributed by atoms with van der Waals surface area (Å²) >= 11 is 2.99. The van der Waals surface area contributed by atoms with E-state index in [9.17, 15) is 13.9 Å². The second-order valence-corrected chi connectivity index (χ2v) is 5.27. The summed E-state index contributed by atoms with van der Waals surface area (Å²) in [6.45, 7) is 5.15. The largest absolute Gasteiger partial charge is 0.466 e. The van der Waals surface area contributed by atoms with Crippen molar-refractivity contribution in [2.24, 2.45) is 0 Å². The lowest BCUT2D eigenvalue weighted by molar-refractivity contribution is 0.206. The molecule has 1 unspecified atom stereocenters. The van der Waals surface area contributed by atoms with Crippen molar-refractivity contribution in [3.8, 4) is 0 Å². The van der Waals surface area contributed by atoms with Crippen LogP contribution in [0, 0.1) is 32.4 Å². The Bertz CT molecular complexity index is 635. The van der Waals surface area contributed by atoms with Gasteiger partial charge in [0, 0.05) is 5.56 Å². The summed E-state index contributed by atoms with van der Waals surface area (Å²) in [6.07, 6.45) is -1.39. The topological polar surface area (TPSA) is 33.4 Å². The zero-order chi connectivity index (χ0) is 14.3. The van der Waals surface area contributed by atoms with Crippen LogP contribution < -0.4 is 0 Å². The number of halogens is 3. The van der Waals surface area contributed by atoms with Crippen molar-refractivity contribution in [2.45, 2.75) is 26.9 Å². The molecule has 1 aromatic carbocycles. The van der Waals surface area contributed by atoms with E-state index in [1.807, 2.05) is 0 Å². The van der Waals surface area contributed by atoms with Gasteiger partial charge >= 0.3 is 0 Å². The Hall–Kier alpha value is -1.20.